The molecule has 1 N–H and O–H groups in total. The number of hydrogen-bond acceptors (Lipinski definition) is 2. The lowest BCUT2D eigenvalue weighted by Gasteiger charge is -2.30. The third-order valence-corrected chi connectivity index (χ3v) is 3.57. The fourth-order valence-electron chi connectivity index (χ4n) is 2.34. The number of aliphatic hydroxyl groups excluding tert-OH is 1. The summed E-state index contributed by atoms with van der Waals surface area (Å²) in [5.74, 6) is 0. The summed E-state index contributed by atoms with van der Waals surface area (Å²) in [6.45, 7) is 8.91. The lowest BCUT2D eigenvalue weighted by Crippen LogP contribution is -2.34. The molecule has 2 heteroatoms. The zero-order chi connectivity index (χ0) is 12.0. The maximum absolute atomic E-state index is 10.1. The zero-order valence-corrected chi connectivity index (χ0v) is 10.4. The Bertz CT molecular complexity index is 393. The summed E-state index contributed by atoms with van der Waals surface area (Å²) in [6.07, 6.45) is -0.740. The van der Waals surface area contributed by atoms with Gasteiger partial charge in [-0.1, -0.05) is 52.0 Å². The van der Waals surface area contributed by atoms with Gasteiger partial charge in [-0.05, 0) is 11.1 Å². The van der Waals surface area contributed by atoms with E-state index in [1.807, 2.05) is 26.0 Å². The number of aliphatic hydroxyl groups is 1. The van der Waals surface area contributed by atoms with E-state index >= 15 is 0 Å². The minimum atomic E-state index is -0.740. The SMILES string of the molecule is CC1(C)COC(O)C(C)(C)c2ccccc21. The van der Waals surface area contributed by atoms with Crippen LogP contribution in [-0.2, 0) is 15.6 Å². The molecule has 1 aliphatic rings. The van der Waals surface area contributed by atoms with E-state index in [9.17, 15) is 5.11 Å². The van der Waals surface area contributed by atoms with Gasteiger partial charge in [0.1, 0.15) is 0 Å². The van der Waals surface area contributed by atoms with Crippen LogP contribution in [0.2, 0.25) is 0 Å². The molecule has 16 heavy (non-hydrogen) atoms. The van der Waals surface area contributed by atoms with Gasteiger partial charge < -0.3 is 9.84 Å². The van der Waals surface area contributed by atoms with Gasteiger partial charge in [-0.3, -0.25) is 0 Å². The molecule has 0 aromatic heterocycles. The van der Waals surface area contributed by atoms with Crippen molar-refractivity contribution in [2.75, 3.05) is 6.61 Å². The number of fused-ring (bicyclic) bond motifs is 1. The first kappa shape index (κ1) is 11.6. The van der Waals surface area contributed by atoms with Gasteiger partial charge in [0.2, 0.25) is 0 Å². The van der Waals surface area contributed by atoms with Crippen LogP contribution in [0.25, 0.3) is 0 Å². The summed E-state index contributed by atoms with van der Waals surface area (Å²) in [5, 5.41) is 10.1. The smallest absolute Gasteiger partial charge is 0.163 e. The van der Waals surface area contributed by atoms with Gasteiger partial charge in [0, 0.05) is 10.8 Å². The van der Waals surface area contributed by atoms with E-state index < -0.39 is 6.29 Å². The molecule has 0 spiro atoms. The van der Waals surface area contributed by atoms with Gasteiger partial charge in [-0.2, -0.15) is 0 Å². The van der Waals surface area contributed by atoms with E-state index in [4.69, 9.17) is 4.74 Å². The highest BCUT2D eigenvalue weighted by molar-refractivity contribution is 5.39. The summed E-state index contributed by atoms with van der Waals surface area (Å²) >= 11 is 0. The van der Waals surface area contributed by atoms with Crippen LogP contribution in [0.1, 0.15) is 38.8 Å². The van der Waals surface area contributed by atoms with Crippen molar-refractivity contribution in [3.05, 3.63) is 35.4 Å². The van der Waals surface area contributed by atoms with E-state index in [1.54, 1.807) is 0 Å². The summed E-state index contributed by atoms with van der Waals surface area (Å²) in [4.78, 5) is 0. The molecule has 2 nitrogen and oxygen atoms in total. The van der Waals surface area contributed by atoms with Crippen LogP contribution in [0.15, 0.2) is 24.3 Å². The van der Waals surface area contributed by atoms with Crippen LogP contribution in [0, 0.1) is 0 Å². The Morgan fingerprint density at radius 1 is 1.12 bits per heavy atom. The van der Waals surface area contributed by atoms with Crippen LogP contribution >= 0.6 is 0 Å². The van der Waals surface area contributed by atoms with E-state index in [1.165, 1.54) is 11.1 Å². The highest BCUT2D eigenvalue weighted by Crippen LogP contribution is 2.39. The molecule has 0 aliphatic carbocycles. The summed E-state index contributed by atoms with van der Waals surface area (Å²) in [7, 11) is 0. The predicted molar refractivity (Wildman–Crippen MR) is 64.5 cm³/mol. The van der Waals surface area contributed by atoms with E-state index in [2.05, 4.69) is 26.0 Å². The van der Waals surface area contributed by atoms with E-state index in [0.29, 0.717) is 6.61 Å². The maximum Gasteiger partial charge on any atom is 0.163 e. The molecule has 2 rings (SSSR count). The molecule has 0 saturated carbocycles. The molecule has 1 unspecified atom stereocenters. The molecule has 0 radical (unpaired) electrons. The number of rotatable bonds is 0. The molecule has 0 saturated heterocycles. The highest BCUT2D eigenvalue weighted by atomic mass is 16.6. The van der Waals surface area contributed by atoms with Gasteiger partial charge in [-0.15, -0.1) is 0 Å². The average molecular weight is 220 g/mol. The highest BCUT2D eigenvalue weighted by Gasteiger charge is 2.40. The Hall–Kier alpha value is -0.860. The van der Waals surface area contributed by atoms with Crippen molar-refractivity contribution in [3.8, 4) is 0 Å². The molecule has 1 aromatic rings. The van der Waals surface area contributed by atoms with Crippen molar-refractivity contribution in [1.29, 1.82) is 0 Å². The second-order valence-corrected chi connectivity index (χ2v) is 5.81. The number of hydrogen-bond donors (Lipinski definition) is 1. The largest absolute Gasteiger partial charge is 0.367 e. The van der Waals surface area contributed by atoms with Crippen molar-refractivity contribution in [3.63, 3.8) is 0 Å². The fourth-order valence-corrected chi connectivity index (χ4v) is 2.34. The molecule has 88 valence electrons. The standard InChI is InChI=1S/C14H20O2/c1-13(2)9-16-12(15)14(3,4)11-8-6-5-7-10(11)13/h5-8,12,15H,9H2,1-4H3. The first-order valence-corrected chi connectivity index (χ1v) is 5.75. The van der Waals surface area contributed by atoms with Crippen molar-refractivity contribution in [1.82, 2.24) is 0 Å². The van der Waals surface area contributed by atoms with Crippen LogP contribution in [-0.4, -0.2) is 18.0 Å². The first-order chi connectivity index (χ1) is 7.36. The van der Waals surface area contributed by atoms with Gasteiger partial charge in [-0.25, -0.2) is 0 Å². The summed E-state index contributed by atoms with van der Waals surface area (Å²) < 4.78 is 5.57. The minimum absolute atomic E-state index is 0.0503. The third-order valence-electron chi connectivity index (χ3n) is 3.57. The second kappa shape index (κ2) is 3.57. The molecule has 1 aliphatic heterocycles. The van der Waals surface area contributed by atoms with E-state index in [0.717, 1.165) is 0 Å². The Labute approximate surface area is 97.3 Å². The lowest BCUT2D eigenvalue weighted by molar-refractivity contribution is -0.142. The normalized spacial score (nSPS) is 26.9. The quantitative estimate of drug-likeness (QED) is 0.728. The van der Waals surface area contributed by atoms with E-state index in [-0.39, 0.29) is 10.8 Å². The number of ether oxygens (including phenoxy) is 1. The zero-order valence-electron chi connectivity index (χ0n) is 10.4. The fraction of sp³-hybridized carbons (Fsp3) is 0.571. The van der Waals surface area contributed by atoms with Gasteiger partial charge in [0.15, 0.2) is 6.29 Å². The Balaban J connectivity index is 2.64. The Morgan fingerprint density at radius 3 is 2.31 bits per heavy atom. The maximum atomic E-state index is 10.1. The van der Waals surface area contributed by atoms with Crippen molar-refractivity contribution in [2.45, 2.75) is 44.8 Å². The molecule has 1 heterocycles. The van der Waals surface area contributed by atoms with Gasteiger partial charge >= 0.3 is 0 Å². The number of benzene rings is 1. The monoisotopic (exact) mass is 220 g/mol. The topological polar surface area (TPSA) is 29.5 Å². The average Bonchev–Trinajstić information content (AvgIpc) is 2.31. The molecular weight excluding hydrogens is 200 g/mol. The van der Waals surface area contributed by atoms with Crippen LogP contribution in [0.5, 0.6) is 0 Å². The van der Waals surface area contributed by atoms with Crippen LogP contribution < -0.4 is 0 Å². The predicted octanol–water partition coefficient (Wildman–Crippen LogP) is 2.59. The van der Waals surface area contributed by atoms with Gasteiger partial charge in [0.05, 0.1) is 6.61 Å². The first-order valence-electron chi connectivity index (χ1n) is 5.75. The van der Waals surface area contributed by atoms with Crippen LogP contribution in [0.4, 0.5) is 0 Å². The molecule has 0 fully saturated rings. The molecular formula is C14H20O2. The molecule has 0 bridgehead atoms. The lowest BCUT2D eigenvalue weighted by atomic mass is 9.75. The Morgan fingerprint density at radius 2 is 1.69 bits per heavy atom. The molecule has 1 aromatic carbocycles. The molecule has 0 amide bonds. The summed E-state index contributed by atoms with van der Waals surface area (Å²) in [6, 6.07) is 8.30. The van der Waals surface area contributed by atoms with Crippen LogP contribution in [0.3, 0.4) is 0 Å². The van der Waals surface area contributed by atoms with Crippen molar-refractivity contribution >= 4 is 0 Å². The second-order valence-electron chi connectivity index (χ2n) is 5.81. The van der Waals surface area contributed by atoms with Gasteiger partial charge in [0.25, 0.3) is 0 Å². The Kier molecular flexibility index (Phi) is 2.59. The minimum Gasteiger partial charge on any atom is -0.367 e. The summed E-state index contributed by atoms with van der Waals surface area (Å²) in [5.41, 5.74) is 2.05. The molecule has 1 atom stereocenters. The van der Waals surface area contributed by atoms with Crippen molar-refractivity contribution < 1.29 is 9.84 Å². The third kappa shape index (κ3) is 1.66. The van der Waals surface area contributed by atoms with Crippen molar-refractivity contribution in [2.24, 2.45) is 0 Å².